The predicted octanol–water partition coefficient (Wildman–Crippen LogP) is 3.83. The SMILES string of the molecule is O=C(O)OC1CCCCN1N=Cc1c(Cl)cccc1Cl. The molecule has 108 valence electrons. The Morgan fingerprint density at radius 2 is 2.10 bits per heavy atom. The topological polar surface area (TPSA) is 62.1 Å². The van der Waals surface area contributed by atoms with Crippen LogP contribution in [0.25, 0.3) is 0 Å². The van der Waals surface area contributed by atoms with Gasteiger partial charge < -0.3 is 9.84 Å². The molecule has 0 aliphatic carbocycles. The Bertz CT molecular complexity index is 502. The Balaban J connectivity index is 2.13. The zero-order chi connectivity index (χ0) is 14.5. The number of hydrogen-bond donors (Lipinski definition) is 1. The van der Waals surface area contributed by atoms with Gasteiger partial charge in [-0.25, -0.2) is 4.79 Å². The molecule has 20 heavy (non-hydrogen) atoms. The number of carbonyl (C=O) groups is 1. The molecule has 1 aliphatic heterocycles. The Labute approximate surface area is 126 Å². The third-order valence-electron chi connectivity index (χ3n) is 2.99. The van der Waals surface area contributed by atoms with E-state index in [9.17, 15) is 4.79 Å². The highest BCUT2D eigenvalue weighted by Crippen LogP contribution is 2.23. The lowest BCUT2D eigenvalue weighted by Gasteiger charge is -2.31. The Hall–Kier alpha value is -1.46. The molecule has 2 rings (SSSR count). The van der Waals surface area contributed by atoms with Crippen molar-refractivity contribution in [3.8, 4) is 0 Å². The number of ether oxygens (including phenoxy) is 1. The quantitative estimate of drug-likeness (QED) is 0.680. The van der Waals surface area contributed by atoms with Crippen molar-refractivity contribution in [3.63, 3.8) is 0 Å². The van der Waals surface area contributed by atoms with Gasteiger partial charge in [0.1, 0.15) is 0 Å². The highest BCUT2D eigenvalue weighted by Gasteiger charge is 2.24. The van der Waals surface area contributed by atoms with Crippen molar-refractivity contribution in [2.45, 2.75) is 25.5 Å². The third kappa shape index (κ3) is 3.77. The summed E-state index contributed by atoms with van der Waals surface area (Å²) in [6.45, 7) is 0.635. The van der Waals surface area contributed by atoms with Crippen LogP contribution in [0.4, 0.5) is 4.79 Å². The normalized spacial score (nSPS) is 19.3. The highest BCUT2D eigenvalue weighted by molar-refractivity contribution is 6.38. The summed E-state index contributed by atoms with van der Waals surface area (Å²) in [5, 5.41) is 15.6. The summed E-state index contributed by atoms with van der Waals surface area (Å²) in [5.41, 5.74) is 0.607. The second-order valence-electron chi connectivity index (χ2n) is 4.38. The number of nitrogens with zero attached hydrogens (tertiary/aromatic N) is 2. The largest absolute Gasteiger partial charge is 0.507 e. The fourth-order valence-electron chi connectivity index (χ4n) is 2.02. The maximum Gasteiger partial charge on any atom is 0.507 e. The van der Waals surface area contributed by atoms with Crippen LogP contribution in [0, 0.1) is 0 Å². The van der Waals surface area contributed by atoms with Crippen molar-refractivity contribution >= 4 is 35.6 Å². The lowest BCUT2D eigenvalue weighted by Crippen LogP contribution is -2.38. The Kier molecular flexibility index (Phi) is 5.09. The summed E-state index contributed by atoms with van der Waals surface area (Å²) in [7, 11) is 0. The molecular weight excluding hydrogens is 303 g/mol. The fourth-order valence-corrected chi connectivity index (χ4v) is 2.51. The van der Waals surface area contributed by atoms with Gasteiger partial charge in [-0.05, 0) is 25.0 Å². The first kappa shape index (κ1) is 14.9. The van der Waals surface area contributed by atoms with Crippen LogP contribution in [-0.2, 0) is 4.74 Å². The van der Waals surface area contributed by atoms with Gasteiger partial charge in [0.15, 0.2) is 6.23 Å². The lowest BCUT2D eigenvalue weighted by molar-refractivity contribution is -0.0538. The molecule has 1 fully saturated rings. The van der Waals surface area contributed by atoms with E-state index in [1.165, 1.54) is 6.21 Å². The first-order valence-corrected chi connectivity index (χ1v) is 6.98. The molecule has 1 heterocycles. The van der Waals surface area contributed by atoms with E-state index in [4.69, 9.17) is 33.0 Å². The summed E-state index contributed by atoms with van der Waals surface area (Å²) < 4.78 is 4.82. The molecular formula is C13H14Cl2N2O3. The smallest absolute Gasteiger partial charge is 0.450 e. The minimum Gasteiger partial charge on any atom is -0.450 e. The maximum absolute atomic E-state index is 10.7. The zero-order valence-corrected chi connectivity index (χ0v) is 12.1. The van der Waals surface area contributed by atoms with Crippen LogP contribution in [0.15, 0.2) is 23.3 Å². The van der Waals surface area contributed by atoms with Crippen molar-refractivity contribution in [2.75, 3.05) is 6.54 Å². The molecule has 1 atom stereocenters. The summed E-state index contributed by atoms with van der Waals surface area (Å²) in [6, 6.07) is 5.19. The summed E-state index contributed by atoms with van der Waals surface area (Å²) in [4.78, 5) is 10.7. The molecule has 1 aliphatic rings. The van der Waals surface area contributed by atoms with Gasteiger partial charge in [-0.15, -0.1) is 0 Å². The van der Waals surface area contributed by atoms with E-state index >= 15 is 0 Å². The average Bonchev–Trinajstić information content (AvgIpc) is 2.39. The standard InChI is InChI=1S/C13H14Cl2N2O3/c14-10-4-3-5-11(15)9(10)8-16-17-7-2-1-6-12(17)20-13(18)19/h3-5,8,12H,1-2,6-7H2,(H,18,19). The van der Waals surface area contributed by atoms with Crippen LogP contribution in [0.5, 0.6) is 0 Å². The highest BCUT2D eigenvalue weighted by atomic mass is 35.5. The van der Waals surface area contributed by atoms with Crippen LogP contribution < -0.4 is 0 Å². The molecule has 0 aromatic heterocycles. The van der Waals surface area contributed by atoms with E-state index in [0.717, 1.165) is 12.8 Å². The molecule has 0 amide bonds. The van der Waals surface area contributed by atoms with E-state index in [-0.39, 0.29) is 0 Å². The Morgan fingerprint density at radius 3 is 2.75 bits per heavy atom. The summed E-state index contributed by atoms with van der Waals surface area (Å²) >= 11 is 12.1. The molecule has 0 bridgehead atoms. The maximum atomic E-state index is 10.7. The molecule has 7 heteroatoms. The van der Waals surface area contributed by atoms with Crippen molar-refractivity contribution < 1.29 is 14.6 Å². The molecule has 1 aromatic rings. The minimum absolute atomic E-state index is 0.494. The number of rotatable bonds is 3. The zero-order valence-electron chi connectivity index (χ0n) is 10.6. The Morgan fingerprint density at radius 1 is 1.40 bits per heavy atom. The van der Waals surface area contributed by atoms with Crippen molar-refractivity contribution in [3.05, 3.63) is 33.8 Å². The van der Waals surface area contributed by atoms with Crippen LogP contribution in [0.3, 0.4) is 0 Å². The first-order valence-electron chi connectivity index (χ1n) is 6.22. The van der Waals surface area contributed by atoms with Crippen LogP contribution >= 0.6 is 23.2 Å². The van der Waals surface area contributed by atoms with Crippen molar-refractivity contribution in [2.24, 2.45) is 5.10 Å². The van der Waals surface area contributed by atoms with Crippen LogP contribution in [0.1, 0.15) is 24.8 Å². The summed E-state index contributed by atoms with van der Waals surface area (Å²) in [5.74, 6) is 0. The first-order chi connectivity index (χ1) is 9.58. The van der Waals surface area contributed by atoms with Gasteiger partial charge >= 0.3 is 6.16 Å². The van der Waals surface area contributed by atoms with Crippen LogP contribution in [-0.4, -0.2) is 35.3 Å². The van der Waals surface area contributed by atoms with E-state index < -0.39 is 12.4 Å². The fraction of sp³-hybridized carbons (Fsp3) is 0.385. The average molecular weight is 317 g/mol. The van der Waals surface area contributed by atoms with Gasteiger partial charge in [-0.3, -0.25) is 5.01 Å². The molecule has 0 saturated carbocycles. The van der Waals surface area contributed by atoms with Gasteiger partial charge in [0, 0.05) is 18.5 Å². The van der Waals surface area contributed by atoms with Crippen molar-refractivity contribution in [1.29, 1.82) is 0 Å². The second-order valence-corrected chi connectivity index (χ2v) is 5.19. The molecule has 1 N–H and O–H groups in total. The number of hydrogen-bond acceptors (Lipinski definition) is 4. The molecule has 5 nitrogen and oxygen atoms in total. The van der Waals surface area contributed by atoms with Gasteiger partial charge in [-0.2, -0.15) is 5.10 Å². The van der Waals surface area contributed by atoms with E-state index in [1.54, 1.807) is 23.2 Å². The van der Waals surface area contributed by atoms with Crippen molar-refractivity contribution in [1.82, 2.24) is 5.01 Å². The molecule has 1 unspecified atom stereocenters. The monoisotopic (exact) mass is 316 g/mol. The number of carboxylic acid groups (broad SMARTS) is 1. The van der Waals surface area contributed by atoms with E-state index in [2.05, 4.69) is 5.10 Å². The predicted molar refractivity (Wildman–Crippen MR) is 77.5 cm³/mol. The number of benzene rings is 1. The number of hydrazone groups is 1. The minimum atomic E-state index is -1.30. The van der Waals surface area contributed by atoms with Crippen LogP contribution in [0.2, 0.25) is 10.0 Å². The third-order valence-corrected chi connectivity index (χ3v) is 3.65. The van der Waals surface area contributed by atoms with Gasteiger partial charge in [-0.1, -0.05) is 29.3 Å². The van der Waals surface area contributed by atoms with Gasteiger partial charge in [0.05, 0.1) is 16.3 Å². The van der Waals surface area contributed by atoms with Gasteiger partial charge in [0.25, 0.3) is 0 Å². The number of piperidine rings is 1. The van der Waals surface area contributed by atoms with E-state index in [1.807, 2.05) is 0 Å². The summed E-state index contributed by atoms with van der Waals surface area (Å²) in [6.07, 6.45) is 2.16. The second kappa shape index (κ2) is 6.81. The lowest BCUT2D eigenvalue weighted by atomic mass is 10.1. The van der Waals surface area contributed by atoms with Gasteiger partial charge in [0.2, 0.25) is 0 Å². The van der Waals surface area contributed by atoms with E-state index in [0.29, 0.717) is 28.6 Å². The molecule has 1 aromatic carbocycles. The molecule has 0 radical (unpaired) electrons. The molecule has 1 saturated heterocycles. The number of halogens is 2. The molecule has 0 spiro atoms.